The fraction of sp³-hybridized carbons (Fsp3) is 0.318. The summed E-state index contributed by atoms with van der Waals surface area (Å²) in [6, 6.07) is 3.51. The molecule has 1 saturated carbocycles. The minimum atomic E-state index is -1.08. The van der Waals surface area contributed by atoms with Crippen LogP contribution in [0.1, 0.15) is 24.8 Å². The lowest BCUT2D eigenvalue weighted by molar-refractivity contribution is -0.117. The zero-order valence-corrected chi connectivity index (χ0v) is 18.1. The van der Waals surface area contributed by atoms with Crippen molar-refractivity contribution in [2.75, 3.05) is 19.0 Å². The molecule has 0 bridgehead atoms. The summed E-state index contributed by atoms with van der Waals surface area (Å²) in [5.74, 6) is -1.42. The van der Waals surface area contributed by atoms with E-state index < -0.39 is 17.9 Å². The molecule has 1 aliphatic rings. The molecular weight excluding hydrogens is 440 g/mol. The molecule has 1 aromatic carbocycles. The Balaban J connectivity index is 1.57. The van der Waals surface area contributed by atoms with Crippen molar-refractivity contribution < 1.29 is 18.3 Å². The summed E-state index contributed by atoms with van der Waals surface area (Å²) in [5, 5.41) is 10.3. The Bertz CT molecular complexity index is 1350. The molecule has 7 nitrogen and oxygen atoms in total. The van der Waals surface area contributed by atoms with Gasteiger partial charge in [0.05, 0.1) is 35.5 Å². The normalized spacial score (nSPS) is 18.9. The third-order valence-electron chi connectivity index (χ3n) is 5.78. The van der Waals surface area contributed by atoms with Crippen LogP contribution in [-0.4, -0.2) is 45.4 Å². The highest BCUT2D eigenvalue weighted by atomic mass is 35.5. The van der Waals surface area contributed by atoms with Gasteiger partial charge in [-0.15, -0.1) is 0 Å². The number of nitrogens with one attached hydrogen (secondary N) is 2. The maximum absolute atomic E-state index is 15.4. The van der Waals surface area contributed by atoms with Gasteiger partial charge in [0, 0.05) is 41.3 Å². The van der Waals surface area contributed by atoms with Crippen molar-refractivity contribution in [2.45, 2.75) is 25.4 Å². The van der Waals surface area contributed by atoms with Crippen LogP contribution in [0.3, 0.4) is 0 Å². The van der Waals surface area contributed by atoms with Crippen LogP contribution < -0.4 is 5.32 Å². The Hall–Kier alpha value is -3.04. The van der Waals surface area contributed by atoms with Gasteiger partial charge in [-0.05, 0) is 18.6 Å². The van der Waals surface area contributed by atoms with Crippen molar-refractivity contribution in [1.82, 2.24) is 19.6 Å². The van der Waals surface area contributed by atoms with Crippen molar-refractivity contribution in [3.05, 3.63) is 47.1 Å². The van der Waals surface area contributed by atoms with E-state index >= 15 is 4.39 Å². The second kappa shape index (κ2) is 7.83. The number of aromatic amines is 1. The highest BCUT2D eigenvalue weighted by molar-refractivity contribution is 6.35. The predicted octanol–water partition coefficient (Wildman–Crippen LogP) is 4.72. The number of benzene rings is 1. The molecule has 2 unspecified atom stereocenters. The summed E-state index contributed by atoms with van der Waals surface area (Å²) >= 11 is 6.52. The molecule has 0 saturated heterocycles. The number of imidazole rings is 1. The minimum Gasteiger partial charge on any atom is -0.384 e. The lowest BCUT2D eigenvalue weighted by Gasteiger charge is -2.17. The Morgan fingerprint density at radius 3 is 2.94 bits per heavy atom. The number of rotatable bonds is 6. The van der Waals surface area contributed by atoms with E-state index in [0.29, 0.717) is 45.7 Å². The Labute approximate surface area is 186 Å². The van der Waals surface area contributed by atoms with Crippen LogP contribution >= 0.6 is 11.6 Å². The average Bonchev–Trinajstić information content (AvgIpc) is 3.12. The first-order valence-electron chi connectivity index (χ1n) is 10.2. The highest BCUT2D eigenvalue weighted by Crippen LogP contribution is 2.41. The summed E-state index contributed by atoms with van der Waals surface area (Å²) in [6.45, 7) is 2.19. The van der Waals surface area contributed by atoms with E-state index in [-0.39, 0.29) is 23.3 Å². The standard InChI is InChI=1S/C22H20ClF2N5O2/c1-10(9-32-2)17-20(25)19(23)18(13-6-26-29-21(13)17)11-3-4-16-27-15(8-30(16)7-11)28-22(31)12-5-14(12)24/h3-4,6-8,10,12,14H,5,9H2,1-2H3,(H,26,29)(H,28,31)/t10-,12?,14?/m1/s1. The summed E-state index contributed by atoms with van der Waals surface area (Å²) in [6.07, 6.45) is 4.15. The molecule has 5 rings (SSSR count). The van der Waals surface area contributed by atoms with Crippen LogP contribution in [0, 0.1) is 11.7 Å². The van der Waals surface area contributed by atoms with Crippen LogP contribution in [0.2, 0.25) is 5.02 Å². The van der Waals surface area contributed by atoms with Gasteiger partial charge >= 0.3 is 0 Å². The van der Waals surface area contributed by atoms with Crippen LogP contribution in [0.15, 0.2) is 30.7 Å². The quantitative estimate of drug-likeness (QED) is 0.437. The monoisotopic (exact) mass is 459 g/mol. The number of fused-ring (bicyclic) bond motifs is 2. The third kappa shape index (κ3) is 3.41. The minimum absolute atomic E-state index is 0.00688. The van der Waals surface area contributed by atoms with E-state index in [0.717, 1.165) is 0 Å². The number of halogens is 3. The van der Waals surface area contributed by atoms with E-state index in [4.69, 9.17) is 16.3 Å². The number of hydrogen-bond acceptors (Lipinski definition) is 4. The smallest absolute Gasteiger partial charge is 0.231 e. The van der Waals surface area contributed by atoms with Crippen molar-refractivity contribution in [3.63, 3.8) is 0 Å². The third-order valence-corrected chi connectivity index (χ3v) is 6.13. The molecule has 1 fully saturated rings. The average molecular weight is 460 g/mol. The Kier molecular flexibility index (Phi) is 5.10. The molecule has 3 heterocycles. The predicted molar refractivity (Wildman–Crippen MR) is 117 cm³/mol. The fourth-order valence-electron chi connectivity index (χ4n) is 4.07. The highest BCUT2D eigenvalue weighted by Gasteiger charge is 2.43. The van der Waals surface area contributed by atoms with Gasteiger partial charge in [-0.25, -0.2) is 13.8 Å². The molecule has 1 aliphatic carbocycles. The summed E-state index contributed by atoms with van der Waals surface area (Å²) in [7, 11) is 1.56. The number of carbonyl (C=O) groups is 1. The molecule has 10 heteroatoms. The fourth-order valence-corrected chi connectivity index (χ4v) is 4.38. The first-order valence-corrected chi connectivity index (χ1v) is 10.5. The zero-order chi connectivity index (χ0) is 22.6. The molecule has 2 N–H and O–H groups in total. The number of alkyl halides is 1. The van der Waals surface area contributed by atoms with Gasteiger partial charge < -0.3 is 14.5 Å². The molecule has 166 valence electrons. The number of H-pyrrole nitrogens is 1. The number of hydrogen-bond donors (Lipinski definition) is 2. The van der Waals surface area contributed by atoms with Gasteiger partial charge in [-0.3, -0.25) is 9.89 Å². The Morgan fingerprint density at radius 1 is 1.44 bits per heavy atom. The number of carbonyl (C=O) groups excluding carboxylic acids is 1. The van der Waals surface area contributed by atoms with Gasteiger partial charge in [0.25, 0.3) is 0 Å². The molecule has 32 heavy (non-hydrogen) atoms. The largest absolute Gasteiger partial charge is 0.384 e. The number of anilines is 1. The molecule has 4 aromatic rings. The number of ether oxygens (including phenoxy) is 1. The number of methoxy groups -OCH3 is 1. The second-order valence-corrected chi connectivity index (χ2v) is 8.47. The van der Waals surface area contributed by atoms with E-state index in [1.165, 1.54) is 0 Å². The van der Waals surface area contributed by atoms with Gasteiger partial charge in [-0.2, -0.15) is 5.10 Å². The lowest BCUT2D eigenvalue weighted by atomic mass is 9.94. The first kappa shape index (κ1) is 20.8. The molecule has 3 aromatic heterocycles. The van der Waals surface area contributed by atoms with E-state index in [9.17, 15) is 9.18 Å². The summed E-state index contributed by atoms with van der Waals surface area (Å²) in [4.78, 5) is 16.3. The van der Waals surface area contributed by atoms with Crippen molar-refractivity contribution in [3.8, 4) is 11.1 Å². The maximum atomic E-state index is 15.4. The summed E-state index contributed by atoms with van der Waals surface area (Å²) < 4.78 is 35.4. The van der Waals surface area contributed by atoms with E-state index in [1.54, 1.807) is 42.2 Å². The topological polar surface area (TPSA) is 84.3 Å². The van der Waals surface area contributed by atoms with Crippen LogP contribution in [0.25, 0.3) is 27.7 Å². The molecule has 0 radical (unpaired) electrons. The molecular formula is C22H20ClF2N5O2. The number of pyridine rings is 1. The van der Waals surface area contributed by atoms with Crippen LogP contribution in [0.4, 0.5) is 14.6 Å². The number of nitrogens with zero attached hydrogens (tertiary/aromatic N) is 3. The van der Waals surface area contributed by atoms with Gasteiger partial charge in [0.2, 0.25) is 5.91 Å². The molecule has 1 amide bonds. The zero-order valence-electron chi connectivity index (χ0n) is 17.3. The van der Waals surface area contributed by atoms with Crippen LogP contribution in [-0.2, 0) is 9.53 Å². The van der Waals surface area contributed by atoms with Gasteiger partial charge in [0.1, 0.15) is 17.6 Å². The first-order chi connectivity index (χ1) is 15.4. The van der Waals surface area contributed by atoms with E-state index in [1.807, 2.05) is 6.92 Å². The van der Waals surface area contributed by atoms with Gasteiger partial charge in [-0.1, -0.05) is 18.5 Å². The maximum Gasteiger partial charge on any atom is 0.231 e. The van der Waals surface area contributed by atoms with Crippen molar-refractivity contribution in [2.24, 2.45) is 5.92 Å². The van der Waals surface area contributed by atoms with Crippen molar-refractivity contribution in [1.29, 1.82) is 0 Å². The second-order valence-electron chi connectivity index (χ2n) is 8.09. The Morgan fingerprint density at radius 2 is 2.22 bits per heavy atom. The van der Waals surface area contributed by atoms with Crippen LogP contribution in [0.5, 0.6) is 0 Å². The lowest BCUT2D eigenvalue weighted by Crippen LogP contribution is -2.15. The molecule has 0 aliphatic heterocycles. The van der Waals surface area contributed by atoms with Gasteiger partial charge in [0.15, 0.2) is 5.82 Å². The summed E-state index contributed by atoms with van der Waals surface area (Å²) in [5.41, 5.74) is 2.71. The van der Waals surface area contributed by atoms with E-state index in [2.05, 4.69) is 20.5 Å². The SMILES string of the molecule is COC[C@@H](C)c1c(F)c(Cl)c(-c2ccc3nc(NC(=O)C4CC4F)cn3c2)c2cn[nH]c12. The molecule has 0 spiro atoms. The van der Waals surface area contributed by atoms with Crippen molar-refractivity contribution >= 4 is 39.9 Å². The number of aromatic nitrogens is 4. The number of amides is 1. The molecule has 3 atom stereocenters.